The number of hydrogen-bond acceptors (Lipinski definition) is 4. The van der Waals surface area contributed by atoms with Gasteiger partial charge in [-0.25, -0.2) is 4.79 Å². The molecule has 0 aromatic heterocycles. The Morgan fingerprint density at radius 1 is 1.29 bits per heavy atom. The summed E-state index contributed by atoms with van der Waals surface area (Å²) in [7, 11) is 2.73. The summed E-state index contributed by atoms with van der Waals surface area (Å²) in [5.74, 6) is -1.23. The highest BCUT2D eigenvalue weighted by atomic mass is 16.5. The van der Waals surface area contributed by atoms with Crippen LogP contribution in [0.3, 0.4) is 0 Å². The van der Waals surface area contributed by atoms with Crippen molar-refractivity contribution in [1.29, 1.82) is 0 Å². The average Bonchev–Trinajstić information content (AvgIpc) is 2.15. The Kier molecular flexibility index (Phi) is 2.81. The first-order valence-electron chi connectivity index (χ1n) is 3.78. The van der Waals surface area contributed by atoms with Crippen molar-refractivity contribution in [3.8, 4) is 17.2 Å². The largest absolute Gasteiger partial charge is 0.507 e. The molecule has 2 N–H and O–H groups in total. The van der Waals surface area contributed by atoms with Crippen LogP contribution in [0.25, 0.3) is 0 Å². The van der Waals surface area contributed by atoms with Crippen LogP contribution in [-0.4, -0.2) is 30.4 Å². The van der Waals surface area contributed by atoms with E-state index < -0.39 is 5.97 Å². The van der Waals surface area contributed by atoms with Crippen LogP contribution in [0.1, 0.15) is 10.4 Å². The zero-order valence-electron chi connectivity index (χ0n) is 7.77. The predicted molar refractivity (Wildman–Crippen MR) is 48.2 cm³/mol. The lowest BCUT2D eigenvalue weighted by atomic mass is 10.1. The van der Waals surface area contributed by atoms with Gasteiger partial charge in [-0.05, 0) is 0 Å². The normalized spacial score (nSPS) is 9.57. The molecule has 0 atom stereocenters. The highest BCUT2D eigenvalue weighted by Crippen LogP contribution is 2.32. The second-order valence-corrected chi connectivity index (χ2v) is 2.53. The topological polar surface area (TPSA) is 76.0 Å². The second-order valence-electron chi connectivity index (χ2n) is 2.53. The number of hydrogen-bond donors (Lipinski definition) is 2. The SMILES string of the molecule is COc1cc(O)c(C(=O)O)c(OC)c1. The van der Waals surface area contributed by atoms with Crippen molar-refractivity contribution >= 4 is 5.97 Å². The molecule has 0 radical (unpaired) electrons. The van der Waals surface area contributed by atoms with Crippen molar-refractivity contribution in [2.75, 3.05) is 14.2 Å². The third-order valence-corrected chi connectivity index (χ3v) is 1.72. The van der Waals surface area contributed by atoms with Crippen LogP contribution >= 0.6 is 0 Å². The maximum atomic E-state index is 10.7. The summed E-state index contributed by atoms with van der Waals surface area (Å²) in [6.07, 6.45) is 0. The van der Waals surface area contributed by atoms with Gasteiger partial charge in [0, 0.05) is 12.1 Å². The van der Waals surface area contributed by atoms with E-state index in [0.29, 0.717) is 5.75 Å². The van der Waals surface area contributed by atoms with Gasteiger partial charge in [-0.3, -0.25) is 0 Å². The Morgan fingerprint density at radius 3 is 2.36 bits per heavy atom. The molecule has 14 heavy (non-hydrogen) atoms. The van der Waals surface area contributed by atoms with E-state index >= 15 is 0 Å². The molecule has 76 valence electrons. The minimum atomic E-state index is -1.25. The number of carboxylic acid groups (broad SMARTS) is 1. The summed E-state index contributed by atoms with van der Waals surface area (Å²) < 4.78 is 9.65. The first-order chi connectivity index (χ1) is 6.60. The van der Waals surface area contributed by atoms with Crippen LogP contribution in [0.15, 0.2) is 12.1 Å². The first kappa shape index (κ1) is 10.2. The van der Waals surface area contributed by atoms with Crippen molar-refractivity contribution in [2.24, 2.45) is 0 Å². The van der Waals surface area contributed by atoms with E-state index in [-0.39, 0.29) is 17.1 Å². The van der Waals surface area contributed by atoms with Crippen LogP contribution in [-0.2, 0) is 0 Å². The number of phenols is 1. The molecule has 0 amide bonds. The van der Waals surface area contributed by atoms with E-state index in [1.165, 1.54) is 26.4 Å². The average molecular weight is 198 g/mol. The van der Waals surface area contributed by atoms with Crippen molar-refractivity contribution in [2.45, 2.75) is 0 Å². The molecule has 0 saturated carbocycles. The molecule has 0 bridgehead atoms. The Labute approximate surface area is 80.5 Å². The van der Waals surface area contributed by atoms with Gasteiger partial charge in [0.25, 0.3) is 0 Å². The van der Waals surface area contributed by atoms with Crippen LogP contribution < -0.4 is 9.47 Å². The van der Waals surface area contributed by atoms with Crippen LogP contribution in [0.5, 0.6) is 17.2 Å². The summed E-state index contributed by atoms with van der Waals surface area (Å²) in [5, 5.41) is 18.1. The van der Waals surface area contributed by atoms with Crippen molar-refractivity contribution in [3.05, 3.63) is 17.7 Å². The zero-order chi connectivity index (χ0) is 10.7. The monoisotopic (exact) mass is 198 g/mol. The van der Waals surface area contributed by atoms with Gasteiger partial charge in [0.2, 0.25) is 0 Å². The number of carboxylic acids is 1. The summed E-state index contributed by atoms with van der Waals surface area (Å²) in [6, 6.07) is 2.61. The molecule has 0 spiro atoms. The predicted octanol–water partition coefficient (Wildman–Crippen LogP) is 1.11. The fourth-order valence-corrected chi connectivity index (χ4v) is 1.07. The van der Waals surface area contributed by atoms with E-state index in [1.54, 1.807) is 0 Å². The Bertz CT molecular complexity index is 358. The van der Waals surface area contributed by atoms with Gasteiger partial charge in [0.1, 0.15) is 22.8 Å². The first-order valence-corrected chi connectivity index (χ1v) is 3.78. The molecule has 0 fully saturated rings. The third kappa shape index (κ3) is 1.71. The minimum absolute atomic E-state index is 0.0642. The molecule has 5 heteroatoms. The fourth-order valence-electron chi connectivity index (χ4n) is 1.07. The lowest BCUT2D eigenvalue weighted by molar-refractivity contribution is 0.0690. The highest BCUT2D eigenvalue weighted by molar-refractivity contribution is 5.94. The molecule has 0 aliphatic rings. The molecule has 0 unspecified atom stereocenters. The Balaban J connectivity index is 3.34. The second kappa shape index (κ2) is 3.87. The molecule has 1 rings (SSSR count). The maximum absolute atomic E-state index is 10.7. The smallest absolute Gasteiger partial charge is 0.343 e. The van der Waals surface area contributed by atoms with Crippen molar-refractivity contribution in [1.82, 2.24) is 0 Å². The van der Waals surface area contributed by atoms with E-state index in [4.69, 9.17) is 14.6 Å². The number of carbonyl (C=O) groups is 1. The van der Waals surface area contributed by atoms with Crippen molar-refractivity contribution in [3.63, 3.8) is 0 Å². The summed E-state index contributed by atoms with van der Waals surface area (Å²) >= 11 is 0. The van der Waals surface area contributed by atoms with E-state index in [0.717, 1.165) is 0 Å². The van der Waals surface area contributed by atoms with E-state index in [2.05, 4.69) is 0 Å². The summed E-state index contributed by atoms with van der Waals surface area (Å²) in [4.78, 5) is 10.7. The number of aromatic carboxylic acids is 1. The Hall–Kier alpha value is -1.91. The van der Waals surface area contributed by atoms with Gasteiger partial charge >= 0.3 is 5.97 Å². The molecule has 5 nitrogen and oxygen atoms in total. The van der Waals surface area contributed by atoms with Crippen molar-refractivity contribution < 1.29 is 24.5 Å². The minimum Gasteiger partial charge on any atom is -0.507 e. The lowest BCUT2D eigenvalue weighted by Crippen LogP contribution is -2.01. The van der Waals surface area contributed by atoms with E-state index in [9.17, 15) is 9.90 Å². The van der Waals surface area contributed by atoms with Crippen LogP contribution in [0, 0.1) is 0 Å². The summed E-state index contributed by atoms with van der Waals surface area (Å²) in [6.45, 7) is 0. The molecule has 0 aliphatic heterocycles. The van der Waals surface area contributed by atoms with E-state index in [1.807, 2.05) is 0 Å². The third-order valence-electron chi connectivity index (χ3n) is 1.72. The molecule has 1 aromatic carbocycles. The maximum Gasteiger partial charge on any atom is 0.343 e. The number of benzene rings is 1. The summed E-state index contributed by atoms with van der Waals surface area (Å²) in [5.41, 5.74) is -0.270. The quantitative estimate of drug-likeness (QED) is 0.760. The van der Waals surface area contributed by atoms with Gasteiger partial charge in [-0.1, -0.05) is 0 Å². The molecule has 0 saturated heterocycles. The van der Waals surface area contributed by atoms with Gasteiger partial charge in [0.05, 0.1) is 14.2 Å². The van der Waals surface area contributed by atoms with Crippen LogP contribution in [0.4, 0.5) is 0 Å². The molecule has 0 aliphatic carbocycles. The number of rotatable bonds is 3. The molecular formula is C9H10O5. The molecule has 1 aromatic rings. The van der Waals surface area contributed by atoms with Gasteiger partial charge in [-0.15, -0.1) is 0 Å². The van der Waals surface area contributed by atoms with Crippen LogP contribution in [0.2, 0.25) is 0 Å². The standard InChI is InChI=1S/C9H10O5/c1-13-5-3-6(10)8(9(11)12)7(4-5)14-2/h3-4,10H,1-2H3,(H,11,12). The van der Waals surface area contributed by atoms with Gasteiger partial charge in [-0.2, -0.15) is 0 Å². The lowest BCUT2D eigenvalue weighted by Gasteiger charge is -2.08. The Morgan fingerprint density at radius 2 is 1.93 bits per heavy atom. The molecular weight excluding hydrogens is 188 g/mol. The zero-order valence-corrected chi connectivity index (χ0v) is 7.77. The number of aromatic hydroxyl groups is 1. The van der Waals surface area contributed by atoms with Gasteiger partial charge < -0.3 is 19.7 Å². The fraction of sp³-hybridized carbons (Fsp3) is 0.222. The number of ether oxygens (including phenoxy) is 2. The van der Waals surface area contributed by atoms with Gasteiger partial charge in [0.15, 0.2) is 0 Å². The number of methoxy groups -OCH3 is 2. The molecule has 0 heterocycles. The highest BCUT2D eigenvalue weighted by Gasteiger charge is 2.17.